The summed E-state index contributed by atoms with van der Waals surface area (Å²) >= 11 is 0. The molecule has 2 aromatic carbocycles. The van der Waals surface area contributed by atoms with Gasteiger partial charge in [0.15, 0.2) is 0 Å². The molecule has 0 fully saturated rings. The van der Waals surface area contributed by atoms with Crippen LogP contribution in [0.2, 0.25) is 0 Å². The number of ether oxygens (including phenoxy) is 2. The van der Waals surface area contributed by atoms with Crippen LogP contribution < -0.4 is 4.74 Å². The van der Waals surface area contributed by atoms with Crippen LogP contribution >= 0.6 is 0 Å². The molecule has 108 valence electrons. The monoisotopic (exact) mass is 286 g/mol. The van der Waals surface area contributed by atoms with Crippen molar-refractivity contribution in [1.82, 2.24) is 0 Å². The third-order valence-electron chi connectivity index (χ3n) is 2.78. The lowest BCUT2D eigenvalue weighted by Gasteiger charge is -2.12. The predicted molar refractivity (Wildman–Crippen MR) is 78.6 cm³/mol. The number of halogens is 1. The highest BCUT2D eigenvalue weighted by Crippen LogP contribution is 2.30. The molecule has 2 aromatic rings. The number of benzene rings is 2. The Morgan fingerprint density at radius 2 is 1.81 bits per heavy atom. The summed E-state index contributed by atoms with van der Waals surface area (Å²) in [6, 6.07) is 12.6. The number of rotatable bonds is 5. The van der Waals surface area contributed by atoms with E-state index in [4.69, 9.17) is 9.47 Å². The molecule has 0 aliphatic carbocycles. The van der Waals surface area contributed by atoms with Crippen molar-refractivity contribution in [2.24, 2.45) is 0 Å². The van der Waals surface area contributed by atoms with E-state index >= 15 is 0 Å². The quantitative estimate of drug-likeness (QED) is 0.610. The minimum absolute atomic E-state index is 0.217. The van der Waals surface area contributed by atoms with Gasteiger partial charge < -0.3 is 9.47 Å². The highest BCUT2D eigenvalue weighted by Gasteiger charge is 2.15. The van der Waals surface area contributed by atoms with Crippen molar-refractivity contribution in [2.75, 3.05) is 6.61 Å². The topological polar surface area (TPSA) is 35.5 Å². The molecule has 0 aromatic heterocycles. The van der Waals surface area contributed by atoms with Gasteiger partial charge in [-0.15, -0.1) is 0 Å². The fourth-order valence-corrected chi connectivity index (χ4v) is 1.76. The number of carbonyl (C=O) groups excluding carboxylic acids is 1. The number of esters is 1. The van der Waals surface area contributed by atoms with Gasteiger partial charge in [-0.25, -0.2) is 9.18 Å². The van der Waals surface area contributed by atoms with E-state index in [1.165, 1.54) is 24.3 Å². The molecule has 0 unspecified atom stereocenters. The van der Waals surface area contributed by atoms with E-state index in [-0.39, 0.29) is 18.0 Å². The molecular weight excluding hydrogens is 271 g/mol. The van der Waals surface area contributed by atoms with Gasteiger partial charge in [0.2, 0.25) is 0 Å². The summed E-state index contributed by atoms with van der Waals surface area (Å²) in [7, 11) is 0. The summed E-state index contributed by atoms with van der Waals surface area (Å²) in [5, 5.41) is 0. The Kier molecular flexibility index (Phi) is 4.72. The fourth-order valence-electron chi connectivity index (χ4n) is 1.76. The molecule has 0 N–H and O–H groups in total. The molecular formula is C17H15FO3. The third-order valence-corrected chi connectivity index (χ3v) is 2.78. The number of carbonyl (C=O) groups is 1. The van der Waals surface area contributed by atoms with Gasteiger partial charge in [0.1, 0.15) is 17.3 Å². The molecule has 0 saturated carbocycles. The van der Waals surface area contributed by atoms with Crippen LogP contribution in [0.15, 0.2) is 55.1 Å². The molecule has 21 heavy (non-hydrogen) atoms. The molecule has 0 heterocycles. The largest absolute Gasteiger partial charge is 0.462 e. The van der Waals surface area contributed by atoms with E-state index in [0.29, 0.717) is 17.1 Å². The van der Waals surface area contributed by atoms with Crippen LogP contribution in [-0.4, -0.2) is 12.6 Å². The van der Waals surface area contributed by atoms with Gasteiger partial charge >= 0.3 is 5.97 Å². The van der Waals surface area contributed by atoms with Gasteiger partial charge in [0.25, 0.3) is 0 Å². The summed E-state index contributed by atoms with van der Waals surface area (Å²) in [6.07, 6.45) is 0. The van der Waals surface area contributed by atoms with E-state index in [2.05, 4.69) is 6.58 Å². The Bertz CT molecular complexity index is 647. The van der Waals surface area contributed by atoms with Crippen LogP contribution in [0.5, 0.6) is 11.5 Å². The van der Waals surface area contributed by atoms with E-state index < -0.39 is 5.97 Å². The molecule has 0 bridgehead atoms. The summed E-state index contributed by atoms with van der Waals surface area (Å²) in [5.74, 6) is 0.0990. The zero-order valence-electron chi connectivity index (χ0n) is 11.6. The van der Waals surface area contributed by atoms with Crippen LogP contribution in [0.25, 0.3) is 5.57 Å². The van der Waals surface area contributed by atoms with Crippen molar-refractivity contribution in [3.8, 4) is 11.5 Å². The summed E-state index contributed by atoms with van der Waals surface area (Å²) in [5.41, 5.74) is 0.759. The average Bonchev–Trinajstić information content (AvgIpc) is 2.50. The van der Waals surface area contributed by atoms with Crippen LogP contribution in [0, 0.1) is 5.82 Å². The Labute approximate surface area is 122 Å². The smallest absolute Gasteiger partial charge is 0.338 e. The zero-order valence-corrected chi connectivity index (χ0v) is 11.6. The molecule has 0 atom stereocenters. The minimum atomic E-state index is -0.493. The highest BCUT2D eigenvalue weighted by atomic mass is 19.1. The molecule has 4 heteroatoms. The average molecular weight is 286 g/mol. The van der Waals surface area contributed by atoms with Crippen molar-refractivity contribution >= 4 is 11.5 Å². The summed E-state index contributed by atoms with van der Waals surface area (Å²) in [4.78, 5) is 11.8. The molecule has 0 aliphatic heterocycles. The van der Waals surface area contributed by atoms with Crippen molar-refractivity contribution in [1.29, 1.82) is 0 Å². The molecule has 0 spiro atoms. The lowest BCUT2D eigenvalue weighted by Crippen LogP contribution is -2.06. The summed E-state index contributed by atoms with van der Waals surface area (Å²) in [6.45, 7) is 5.75. The minimum Gasteiger partial charge on any atom is -0.462 e. The van der Waals surface area contributed by atoms with E-state index in [9.17, 15) is 9.18 Å². The third kappa shape index (κ3) is 3.69. The second kappa shape index (κ2) is 6.70. The first-order chi connectivity index (χ1) is 10.1. The van der Waals surface area contributed by atoms with E-state index in [0.717, 1.165) is 0 Å². The van der Waals surface area contributed by atoms with Gasteiger partial charge in [-0.05, 0) is 37.3 Å². The molecule has 0 radical (unpaired) electrons. The second-order valence-corrected chi connectivity index (χ2v) is 4.25. The lowest BCUT2D eigenvalue weighted by molar-refractivity contribution is -0.136. The number of hydrogen-bond acceptors (Lipinski definition) is 3. The maximum absolute atomic E-state index is 12.9. The van der Waals surface area contributed by atoms with E-state index in [1.807, 2.05) is 0 Å². The fraction of sp³-hybridized carbons (Fsp3) is 0.118. The maximum Gasteiger partial charge on any atom is 0.338 e. The van der Waals surface area contributed by atoms with Crippen LogP contribution in [-0.2, 0) is 9.53 Å². The highest BCUT2D eigenvalue weighted by molar-refractivity contribution is 6.16. The van der Waals surface area contributed by atoms with Crippen LogP contribution in [0.4, 0.5) is 4.39 Å². The lowest BCUT2D eigenvalue weighted by atomic mass is 10.1. The van der Waals surface area contributed by atoms with Crippen molar-refractivity contribution in [2.45, 2.75) is 6.92 Å². The number of hydrogen-bond donors (Lipinski definition) is 0. The van der Waals surface area contributed by atoms with Gasteiger partial charge in [0, 0.05) is 5.56 Å². The Morgan fingerprint density at radius 1 is 1.14 bits per heavy atom. The number of para-hydroxylation sites is 1. The van der Waals surface area contributed by atoms with Crippen molar-refractivity contribution < 1.29 is 18.7 Å². The van der Waals surface area contributed by atoms with Gasteiger partial charge in [-0.2, -0.15) is 0 Å². The van der Waals surface area contributed by atoms with Crippen LogP contribution in [0.3, 0.4) is 0 Å². The Balaban J connectivity index is 2.26. The zero-order chi connectivity index (χ0) is 15.2. The normalized spacial score (nSPS) is 10.0. The second-order valence-electron chi connectivity index (χ2n) is 4.25. The standard InChI is InChI=1S/C17H15FO3/c1-3-20-17(19)12(2)15-6-4-5-7-16(15)21-14-10-8-13(18)9-11-14/h4-11H,2-3H2,1H3. The van der Waals surface area contributed by atoms with Gasteiger partial charge in [-0.3, -0.25) is 0 Å². The molecule has 0 aliphatic rings. The SMILES string of the molecule is C=C(C(=O)OCC)c1ccccc1Oc1ccc(F)cc1. The molecule has 3 nitrogen and oxygen atoms in total. The maximum atomic E-state index is 12.9. The van der Waals surface area contributed by atoms with Gasteiger partial charge in [0.05, 0.1) is 12.2 Å². The van der Waals surface area contributed by atoms with E-state index in [1.54, 1.807) is 31.2 Å². The first-order valence-electron chi connectivity index (χ1n) is 6.50. The van der Waals surface area contributed by atoms with Gasteiger partial charge in [-0.1, -0.05) is 24.8 Å². The predicted octanol–water partition coefficient (Wildman–Crippen LogP) is 4.19. The first kappa shape index (κ1) is 14.8. The molecule has 2 rings (SSSR count). The van der Waals surface area contributed by atoms with Crippen LogP contribution in [0.1, 0.15) is 12.5 Å². The first-order valence-corrected chi connectivity index (χ1v) is 6.50. The Hall–Kier alpha value is -2.62. The summed E-state index contributed by atoms with van der Waals surface area (Å²) < 4.78 is 23.5. The molecule has 0 saturated heterocycles. The molecule has 0 amide bonds. The van der Waals surface area contributed by atoms with Crippen molar-refractivity contribution in [3.63, 3.8) is 0 Å². The Morgan fingerprint density at radius 3 is 2.48 bits per heavy atom. The van der Waals surface area contributed by atoms with Crippen molar-refractivity contribution in [3.05, 3.63) is 66.5 Å².